The van der Waals surface area contributed by atoms with E-state index in [0.717, 1.165) is 5.69 Å². The molecule has 2 aromatic carbocycles. The average molecular weight is 328 g/mol. The highest BCUT2D eigenvalue weighted by Gasteiger charge is 2.22. The fourth-order valence-electron chi connectivity index (χ4n) is 2.07. The van der Waals surface area contributed by atoms with Crippen molar-refractivity contribution in [2.24, 2.45) is 0 Å². The summed E-state index contributed by atoms with van der Waals surface area (Å²) >= 11 is 0. The number of carbonyl (C=O) groups excluding carboxylic acids is 2. The number of hydrogen-bond acceptors (Lipinski definition) is 5. The molecule has 3 N–H and O–H groups in total. The van der Waals surface area contributed by atoms with Gasteiger partial charge in [-0.2, -0.15) is 0 Å². The van der Waals surface area contributed by atoms with E-state index in [1.807, 2.05) is 6.07 Å². The third kappa shape index (κ3) is 5.01. The summed E-state index contributed by atoms with van der Waals surface area (Å²) in [6, 6.07) is 14.3. The minimum absolute atomic E-state index is 0.153. The van der Waals surface area contributed by atoms with Gasteiger partial charge in [0.15, 0.2) is 0 Å². The third-order valence-corrected chi connectivity index (χ3v) is 3.29. The van der Waals surface area contributed by atoms with Crippen molar-refractivity contribution >= 4 is 17.6 Å². The highest BCUT2D eigenvalue weighted by Crippen LogP contribution is 2.13. The standard InChI is InChI=1S/C18H20N2O4/c1-2-24-18(23)16(12-19-14-8-10-15(21)11-9-14)20-17(22)13-6-4-3-5-7-13/h3-11,16,19,21H,2,12H2,1H3,(H,20,22)/t16-/m0/s1. The van der Waals surface area contributed by atoms with Crippen LogP contribution in [-0.2, 0) is 9.53 Å². The van der Waals surface area contributed by atoms with Gasteiger partial charge in [-0.3, -0.25) is 4.79 Å². The van der Waals surface area contributed by atoms with Crippen LogP contribution >= 0.6 is 0 Å². The molecule has 0 unspecified atom stereocenters. The first-order chi connectivity index (χ1) is 11.6. The average Bonchev–Trinajstić information content (AvgIpc) is 2.60. The number of amides is 1. The number of hydrogen-bond donors (Lipinski definition) is 3. The Morgan fingerprint density at radius 1 is 1.08 bits per heavy atom. The van der Waals surface area contributed by atoms with Crippen LogP contribution in [0.5, 0.6) is 5.75 Å². The third-order valence-electron chi connectivity index (χ3n) is 3.29. The molecule has 0 aromatic heterocycles. The van der Waals surface area contributed by atoms with Crippen molar-refractivity contribution in [3.05, 3.63) is 60.2 Å². The second-order valence-electron chi connectivity index (χ2n) is 5.07. The first kappa shape index (κ1) is 17.3. The summed E-state index contributed by atoms with van der Waals surface area (Å²) in [4.78, 5) is 24.3. The van der Waals surface area contributed by atoms with E-state index < -0.39 is 12.0 Å². The van der Waals surface area contributed by atoms with Gasteiger partial charge in [0.05, 0.1) is 6.61 Å². The van der Waals surface area contributed by atoms with Gasteiger partial charge in [-0.25, -0.2) is 4.79 Å². The first-order valence-electron chi connectivity index (χ1n) is 7.65. The Bertz CT molecular complexity index is 671. The highest BCUT2D eigenvalue weighted by molar-refractivity contribution is 5.96. The summed E-state index contributed by atoms with van der Waals surface area (Å²) in [5.74, 6) is -0.700. The van der Waals surface area contributed by atoms with E-state index >= 15 is 0 Å². The second kappa shape index (κ2) is 8.57. The van der Waals surface area contributed by atoms with Crippen LogP contribution in [0.4, 0.5) is 5.69 Å². The Hall–Kier alpha value is -3.02. The number of rotatable bonds is 7. The van der Waals surface area contributed by atoms with Crippen LogP contribution in [0.2, 0.25) is 0 Å². The van der Waals surface area contributed by atoms with E-state index in [4.69, 9.17) is 4.74 Å². The van der Waals surface area contributed by atoms with Crippen LogP contribution in [0, 0.1) is 0 Å². The van der Waals surface area contributed by atoms with Gasteiger partial charge < -0.3 is 20.5 Å². The lowest BCUT2D eigenvalue weighted by Crippen LogP contribution is -2.46. The van der Waals surface area contributed by atoms with Crippen molar-refractivity contribution < 1.29 is 19.4 Å². The Morgan fingerprint density at radius 2 is 1.75 bits per heavy atom. The number of carbonyl (C=O) groups is 2. The van der Waals surface area contributed by atoms with Gasteiger partial charge in [0.1, 0.15) is 11.8 Å². The summed E-state index contributed by atoms with van der Waals surface area (Å²) in [5.41, 5.74) is 1.19. The summed E-state index contributed by atoms with van der Waals surface area (Å²) < 4.78 is 5.01. The molecule has 0 aliphatic heterocycles. The van der Waals surface area contributed by atoms with Crippen LogP contribution in [0.3, 0.4) is 0 Å². The van der Waals surface area contributed by atoms with E-state index in [1.54, 1.807) is 43.3 Å². The number of phenols is 1. The number of esters is 1. The molecule has 0 aliphatic carbocycles. The summed E-state index contributed by atoms with van der Waals surface area (Å²) in [5, 5.41) is 15.0. The molecule has 0 saturated heterocycles. The van der Waals surface area contributed by atoms with Crippen molar-refractivity contribution in [2.45, 2.75) is 13.0 Å². The monoisotopic (exact) mass is 328 g/mol. The molecule has 0 saturated carbocycles. The lowest BCUT2D eigenvalue weighted by atomic mass is 10.2. The van der Waals surface area contributed by atoms with Crippen molar-refractivity contribution in [3.8, 4) is 5.75 Å². The smallest absolute Gasteiger partial charge is 0.330 e. The number of phenolic OH excluding ortho intramolecular Hbond substituents is 1. The molecular weight excluding hydrogens is 308 g/mol. The fraction of sp³-hybridized carbons (Fsp3) is 0.222. The normalized spacial score (nSPS) is 11.4. The molecule has 0 spiro atoms. The highest BCUT2D eigenvalue weighted by atomic mass is 16.5. The largest absolute Gasteiger partial charge is 0.508 e. The maximum Gasteiger partial charge on any atom is 0.330 e. The van der Waals surface area contributed by atoms with Crippen molar-refractivity contribution in [2.75, 3.05) is 18.5 Å². The lowest BCUT2D eigenvalue weighted by molar-refractivity contribution is -0.145. The number of ether oxygens (including phenoxy) is 1. The number of benzene rings is 2. The number of anilines is 1. The zero-order valence-electron chi connectivity index (χ0n) is 13.4. The van der Waals surface area contributed by atoms with Crippen molar-refractivity contribution in [1.82, 2.24) is 5.32 Å². The van der Waals surface area contributed by atoms with Crippen molar-refractivity contribution in [1.29, 1.82) is 0 Å². The predicted octanol–water partition coefficient (Wildman–Crippen LogP) is 2.17. The topological polar surface area (TPSA) is 87.7 Å². The molecule has 0 fully saturated rings. The van der Waals surface area contributed by atoms with Crippen LogP contribution in [-0.4, -0.2) is 36.2 Å². The molecule has 2 rings (SSSR count). The Labute approximate surface area is 140 Å². The maximum atomic E-state index is 12.2. The molecule has 2 aromatic rings. The van der Waals surface area contributed by atoms with Gasteiger partial charge in [0.25, 0.3) is 5.91 Å². The molecule has 0 radical (unpaired) electrons. The van der Waals surface area contributed by atoms with Gasteiger partial charge in [0.2, 0.25) is 0 Å². The lowest BCUT2D eigenvalue weighted by Gasteiger charge is -2.18. The molecule has 1 amide bonds. The van der Waals surface area contributed by atoms with Crippen LogP contribution in [0.25, 0.3) is 0 Å². The molecular formula is C18H20N2O4. The predicted molar refractivity (Wildman–Crippen MR) is 90.9 cm³/mol. The van der Waals surface area contributed by atoms with E-state index in [-0.39, 0.29) is 24.8 Å². The van der Waals surface area contributed by atoms with Crippen LogP contribution < -0.4 is 10.6 Å². The van der Waals surface area contributed by atoms with Gasteiger partial charge in [0, 0.05) is 17.8 Å². The zero-order chi connectivity index (χ0) is 17.4. The van der Waals surface area contributed by atoms with Gasteiger partial charge in [-0.1, -0.05) is 18.2 Å². The van der Waals surface area contributed by atoms with Crippen molar-refractivity contribution in [3.63, 3.8) is 0 Å². The van der Waals surface area contributed by atoms with E-state index in [2.05, 4.69) is 10.6 Å². The first-order valence-corrected chi connectivity index (χ1v) is 7.65. The minimum atomic E-state index is -0.827. The quantitative estimate of drug-likeness (QED) is 0.535. The summed E-state index contributed by atoms with van der Waals surface area (Å²) in [7, 11) is 0. The molecule has 24 heavy (non-hydrogen) atoms. The molecule has 0 bridgehead atoms. The van der Waals surface area contributed by atoms with E-state index in [0.29, 0.717) is 5.56 Å². The van der Waals surface area contributed by atoms with Gasteiger partial charge in [-0.15, -0.1) is 0 Å². The summed E-state index contributed by atoms with van der Waals surface area (Å²) in [6.07, 6.45) is 0. The molecule has 6 heteroatoms. The molecule has 0 aliphatic rings. The number of nitrogens with one attached hydrogen (secondary N) is 2. The van der Waals surface area contributed by atoms with E-state index in [1.165, 1.54) is 12.1 Å². The molecule has 0 heterocycles. The minimum Gasteiger partial charge on any atom is -0.508 e. The van der Waals surface area contributed by atoms with Crippen LogP contribution in [0.15, 0.2) is 54.6 Å². The Morgan fingerprint density at radius 3 is 2.38 bits per heavy atom. The van der Waals surface area contributed by atoms with E-state index in [9.17, 15) is 14.7 Å². The number of aromatic hydroxyl groups is 1. The molecule has 126 valence electrons. The summed E-state index contributed by atoms with van der Waals surface area (Å²) in [6.45, 7) is 2.11. The maximum absolute atomic E-state index is 12.2. The second-order valence-corrected chi connectivity index (χ2v) is 5.07. The van der Waals surface area contributed by atoms with Gasteiger partial charge in [-0.05, 0) is 43.3 Å². The molecule has 1 atom stereocenters. The zero-order valence-corrected chi connectivity index (χ0v) is 13.4. The molecule has 6 nitrogen and oxygen atoms in total. The SMILES string of the molecule is CCOC(=O)[C@H](CNc1ccc(O)cc1)NC(=O)c1ccccc1. The van der Waals surface area contributed by atoms with Gasteiger partial charge >= 0.3 is 5.97 Å². The van der Waals surface area contributed by atoms with Crippen LogP contribution in [0.1, 0.15) is 17.3 Å². The fourth-order valence-corrected chi connectivity index (χ4v) is 2.07. The Balaban J connectivity index is 2.02. The Kier molecular flexibility index (Phi) is 6.19.